The van der Waals surface area contributed by atoms with Crippen LogP contribution in [0.3, 0.4) is 0 Å². The van der Waals surface area contributed by atoms with E-state index in [1.54, 1.807) is 17.2 Å². The Morgan fingerprint density at radius 1 is 1.39 bits per heavy atom. The number of rotatable bonds is 7. The van der Waals surface area contributed by atoms with Crippen LogP contribution in [0.15, 0.2) is 12.3 Å². The molecule has 102 valence electrons. The van der Waals surface area contributed by atoms with Crippen molar-refractivity contribution in [3.8, 4) is 0 Å². The summed E-state index contributed by atoms with van der Waals surface area (Å²) in [6.45, 7) is 5.84. The van der Waals surface area contributed by atoms with Crippen molar-refractivity contribution in [2.24, 2.45) is 0 Å². The summed E-state index contributed by atoms with van der Waals surface area (Å²) in [7, 11) is 0. The predicted molar refractivity (Wildman–Crippen MR) is 72.4 cm³/mol. The number of aromatic nitrogens is 1. The van der Waals surface area contributed by atoms with Gasteiger partial charge >= 0.3 is 0 Å². The maximum Gasteiger partial charge on any atom is 0.270 e. The average Bonchev–Trinajstić information content (AvgIpc) is 2.70. The number of carbonyl (C=O) groups excluding carboxylic acids is 1. The van der Waals surface area contributed by atoms with E-state index in [1.807, 2.05) is 11.5 Å². The Kier molecular flexibility index (Phi) is 5.71. The molecule has 0 aliphatic carbocycles. The minimum absolute atomic E-state index is 0.0181. The minimum Gasteiger partial charge on any atom is -0.397 e. The number of aliphatic hydroxyl groups excluding tert-OH is 1. The van der Waals surface area contributed by atoms with Crippen LogP contribution in [0.1, 0.15) is 37.2 Å². The SMILES string of the molecule is CCCN(CCO)C(=O)c1cc(N)cn1CCC. The zero-order valence-electron chi connectivity index (χ0n) is 11.2. The predicted octanol–water partition coefficient (Wildman–Crippen LogP) is 1.32. The number of aryl methyl sites for hydroxylation is 1. The molecule has 0 aliphatic rings. The second kappa shape index (κ2) is 7.06. The second-order valence-corrected chi connectivity index (χ2v) is 4.37. The lowest BCUT2D eigenvalue weighted by atomic mass is 10.3. The fraction of sp³-hybridized carbons (Fsp3) is 0.615. The van der Waals surface area contributed by atoms with Crippen LogP contribution in [0.4, 0.5) is 5.69 Å². The average molecular weight is 253 g/mol. The van der Waals surface area contributed by atoms with E-state index in [0.29, 0.717) is 24.5 Å². The molecule has 0 atom stereocenters. The number of anilines is 1. The van der Waals surface area contributed by atoms with Gasteiger partial charge in [-0.15, -0.1) is 0 Å². The van der Waals surface area contributed by atoms with E-state index in [0.717, 1.165) is 19.4 Å². The Hall–Kier alpha value is -1.49. The van der Waals surface area contributed by atoms with Gasteiger partial charge in [-0.3, -0.25) is 4.79 Å². The minimum atomic E-state index is -0.0592. The van der Waals surface area contributed by atoms with Crippen LogP contribution in [0, 0.1) is 0 Å². The van der Waals surface area contributed by atoms with Gasteiger partial charge in [0, 0.05) is 25.8 Å². The van der Waals surface area contributed by atoms with Crippen molar-refractivity contribution in [3.05, 3.63) is 18.0 Å². The third-order valence-corrected chi connectivity index (χ3v) is 2.75. The fourth-order valence-corrected chi connectivity index (χ4v) is 2.01. The summed E-state index contributed by atoms with van der Waals surface area (Å²) < 4.78 is 1.89. The van der Waals surface area contributed by atoms with Crippen molar-refractivity contribution in [1.82, 2.24) is 9.47 Å². The van der Waals surface area contributed by atoms with Crippen LogP contribution in [0.2, 0.25) is 0 Å². The van der Waals surface area contributed by atoms with Crippen LogP contribution in [-0.4, -0.2) is 40.2 Å². The molecule has 1 rings (SSSR count). The molecule has 3 N–H and O–H groups in total. The van der Waals surface area contributed by atoms with Gasteiger partial charge in [-0.2, -0.15) is 0 Å². The summed E-state index contributed by atoms with van der Waals surface area (Å²) in [5.74, 6) is -0.0592. The molecule has 5 heteroatoms. The summed E-state index contributed by atoms with van der Waals surface area (Å²) in [6, 6.07) is 1.71. The molecule has 1 aromatic heterocycles. The zero-order chi connectivity index (χ0) is 13.5. The summed E-state index contributed by atoms with van der Waals surface area (Å²) in [6.07, 6.45) is 3.61. The van der Waals surface area contributed by atoms with E-state index in [-0.39, 0.29) is 12.5 Å². The molecule has 0 bridgehead atoms. The normalized spacial score (nSPS) is 10.6. The smallest absolute Gasteiger partial charge is 0.270 e. The number of aliphatic hydroxyl groups is 1. The summed E-state index contributed by atoms with van der Waals surface area (Å²) in [5.41, 5.74) is 6.97. The monoisotopic (exact) mass is 253 g/mol. The molecule has 18 heavy (non-hydrogen) atoms. The van der Waals surface area contributed by atoms with Gasteiger partial charge in [-0.25, -0.2) is 0 Å². The first kappa shape index (κ1) is 14.6. The summed E-state index contributed by atoms with van der Waals surface area (Å²) >= 11 is 0. The lowest BCUT2D eigenvalue weighted by molar-refractivity contribution is 0.0711. The first-order valence-corrected chi connectivity index (χ1v) is 6.49. The van der Waals surface area contributed by atoms with E-state index < -0.39 is 0 Å². The molecule has 1 heterocycles. The number of carbonyl (C=O) groups is 1. The number of nitrogen functional groups attached to an aromatic ring is 1. The van der Waals surface area contributed by atoms with Crippen LogP contribution in [0.5, 0.6) is 0 Å². The lowest BCUT2D eigenvalue weighted by Crippen LogP contribution is -2.35. The molecule has 5 nitrogen and oxygen atoms in total. The van der Waals surface area contributed by atoms with Crippen molar-refractivity contribution in [2.45, 2.75) is 33.2 Å². The van der Waals surface area contributed by atoms with Gasteiger partial charge in [-0.1, -0.05) is 13.8 Å². The molecule has 1 aromatic rings. The summed E-state index contributed by atoms with van der Waals surface area (Å²) in [5, 5.41) is 9.01. The molecule has 0 radical (unpaired) electrons. The van der Waals surface area contributed by atoms with E-state index in [9.17, 15) is 4.79 Å². The van der Waals surface area contributed by atoms with Gasteiger partial charge in [0.1, 0.15) is 5.69 Å². The quantitative estimate of drug-likeness (QED) is 0.770. The van der Waals surface area contributed by atoms with E-state index in [1.165, 1.54) is 0 Å². The highest BCUT2D eigenvalue weighted by Gasteiger charge is 2.18. The van der Waals surface area contributed by atoms with Gasteiger partial charge in [0.2, 0.25) is 0 Å². The van der Waals surface area contributed by atoms with Crippen LogP contribution in [-0.2, 0) is 6.54 Å². The van der Waals surface area contributed by atoms with Crippen molar-refractivity contribution < 1.29 is 9.90 Å². The Labute approximate surface area is 108 Å². The van der Waals surface area contributed by atoms with Crippen LogP contribution >= 0.6 is 0 Å². The van der Waals surface area contributed by atoms with E-state index in [2.05, 4.69) is 6.92 Å². The van der Waals surface area contributed by atoms with Crippen LogP contribution in [0.25, 0.3) is 0 Å². The highest BCUT2D eigenvalue weighted by Crippen LogP contribution is 2.14. The summed E-state index contributed by atoms with van der Waals surface area (Å²) in [4.78, 5) is 14.0. The highest BCUT2D eigenvalue weighted by molar-refractivity contribution is 5.93. The lowest BCUT2D eigenvalue weighted by Gasteiger charge is -2.21. The van der Waals surface area contributed by atoms with Crippen molar-refractivity contribution in [1.29, 1.82) is 0 Å². The second-order valence-electron chi connectivity index (χ2n) is 4.37. The Morgan fingerprint density at radius 2 is 2.11 bits per heavy atom. The number of nitrogens with zero attached hydrogens (tertiary/aromatic N) is 2. The number of hydrogen-bond acceptors (Lipinski definition) is 3. The first-order chi connectivity index (χ1) is 8.63. The van der Waals surface area contributed by atoms with E-state index in [4.69, 9.17) is 10.8 Å². The Bertz CT molecular complexity index is 382. The molecule has 1 amide bonds. The molecule has 0 fully saturated rings. The molecule has 0 unspecified atom stereocenters. The molecule has 0 saturated carbocycles. The van der Waals surface area contributed by atoms with Crippen molar-refractivity contribution >= 4 is 11.6 Å². The number of hydrogen-bond donors (Lipinski definition) is 2. The number of amides is 1. The fourth-order valence-electron chi connectivity index (χ4n) is 2.01. The first-order valence-electron chi connectivity index (χ1n) is 6.49. The molecular weight excluding hydrogens is 230 g/mol. The van der Waals surface area contributed by atoms with Gasteiger partial charge in [-0.05, 0) is 18.9 Å². The molecule has 0 aliphatic heterocycles. The van der Waals surface area contributed by atoms with Crippen LogP contribution < -0.4 is 5.73 Å². The highest BCUT2D eigenvalue weighted by atomic mass is 16.3. The standard InChI is InChI=1S/C13H23N3O2/c1-3-5-15(7-8-17)13(18)12-9-11(14)10-16(12)6-4-2/h9-10,17H,3-8,14H2,1-2H3. The molecule has 0 aromatic carbocycles. The molecule has 0 spiro atoms. The topological polar surface area (TPSA) is 71.5 Å². The van der Waals surface area contributed by atoms with Gasteiger partial charge in [0.15, 0.2) is 0 Å². The van der Waals surface area contributed by atoms with Gasteiger partial charge in [0.25, 0.3) is 5.91 Å². The largest absolute Gasteiger partial charge is 0.397 e. The Morgan fingerprint density at radius 3 is 2.67 bits per heavy atom. The number of nitrogens with two attached hydrogens (primary N) is 1. The third kappa shape index (κ3) is 3.50. The van der Waals surface area contributed by atoms with Gasteiger partial charge < -0.3 is 20.3 Å². The van der Waals surface area contributed by atoms with E-state index >= 15 is 0 Å². The zero-order valence-corrected chi connectivity index (χ0v) is 11.2. The van der Waals surface area contributed by atoms with Crippen molar-refractivity contribution in [3.63, 3.8) is 0 Å². The van der Waals surface area contributed by atoms with Gasteiger partial charge in [0.05, 0.1) is 12.3 Å². The maximum absolute atomic E-state index is 12.4. The molecule has 0 saturated heterocycles. The maximum atomic E-state index is 12.4. The third-order valence-electron chi connectivity index (χ3n) is 2.75. The Balaban J connectivity index is 2.92. The van der Waals surface area contributed by atoms with Crippen molar-refractivity contribution in [2.75, 3.05) is 25.4 Å². The molecular formula is C13H23N3O2.